The highest BCUT2D eigenvalue weighted by Gasteiger charge is 2.28. The molecule has 6 nitrogen and oxygen atoms in total. The Morgan fingerprint density at radius 2 is 2.00 bits per heavy atom. The van der Waals surface area contributed by atoms with Crippen molar-refractivity contribution in [1.82, 2.24) is 9.62 Å². The summed E-state index contributed by atoms with van der Waals surface area (Å²) in [6, 6.07) is 6.21. The molecule has 0 aliphatic carbocycles. The minimum atomic E-state index is -3.52. The van der Waals surface area contributed by atoms with E-state index in [0.717, 1.165) is 0 Å². The number of phenols is 1. The van der Waals surface area contributed by atoms with E-state index >= 15 is 0 Å². The maximum Gasteiger partial charge on any atom is 0.303 e. The highest BCUT2D eigenvalue weighted by molar-refractivity contribution is 7.90. The Morgan fingerprint density at radius 1 is 1.33 bits per heavy atom. The Bertz CT molecular complexity index is 512. The van der Waals surface area contributed by atoms with Crippen LogP contribution in [-0.4, -0.2) is 51.1 Å². The van der Waals surface area contributed by atoms with Crippen LogP contribution in [0.25, 0.3) is 0 Å². The van der Waals surface area contributed by atoms with Crippen molar-refractivity contribution in [3.63, 3.8) is 0 Å². The van der Waals surface area contributed by atoms with Gasteiger partial charge in [-0.15, -0.1) is 0 Å². The molecule has 1 aliphatic heterocycles. The van der Waals surface area contributed by atoms with E-state index in [9.17, 15) is 13.5 Å². The van der Waals surface area contributed by atoms with Gasteiger partial charge < -0.3 is 10.4 Å². The van der Waals surface area contributed by atoms with E-state index < -0.39 is 10.2 Å². The van der Waals surface area contributed by atoms with Crippen molar-refractivity contribution in [3.8, 4) is 5.75 Å². The molecule has 0 unspecified atom stereocenters. The zero-order chi connectivity index (χ0) is 13.2. The number of hydrogen-bond donors (Lipinski definition) is 2. The Balaban J connectivity index is 2.23. The largest absolute Gasteiger partial charge is 0.508 e. The molecule has 1 aromatic carbocycles. The zero-order valence-electron chi connectivity index (χ0n) is 10.2. The number of phenolic OH excluding ortho intramolecular Hbond substituents is 1. The third kappa shape index (κ3) is 2.58. The van der Waals surface area contributed by atoms with E-state index in [1.165, 1.54) is 27.8 Å². The average molecular weight is 271 g/mol. The van der Waals surface area contributed by atoms with E-state index in [1.807, 2.05) is 0 Å². The third-order valence-corrected chi connectivity index (χ3v) is 4.86. The number of nitrogens with zero attached hydrogens (tertiary/aromatic N) is 2. The fourth-order valence-electron chi connectivity index (χ4n) is 1.87. The predicted molar refractivity (Wildman–Crippen MR) is 69.9 cm³/mol. The molecule has 0 saturated carbocycles. The first-order chi connectivity index (χ1) is 8.51. The van der Waals surface area contributed by atoms with Crippen LogP contribution >= 0.6 is 0 Å². The van der Waals surface area contributed by atoms with Crippen molar-refractivity contribution in [2.24, 2.45) is 0 Å². The molecule has 0 radical (unpaired) electrons. The van der Waals surface area contributed by atoms with Gasteiger partial charge in [0.25, 0.3) is 0 Å². The molecule has 0 aromatic heterocycles. The Hall–Kier alpha value is -1.31. The lowest BCUT2D eigenvalue weighted by Gasteiger charge is -2.31. The summed E-state index contributed by atoms with van der Waals surface area (Å²) in [4.78, 5) is 0. The second-order valence-corrected chi connectivity index (χ2v) is 6.10. The van der Waals surface area contributed by atoms with Crippen LogP contribution in [0.1, 0.15) is 0 Å². The molecule has 1 aliphatic rings. The number of hydrogen-bond acceptors (Lipinski definition) is 4. The summed E-state index contributed by atoms with van der Waals surface area (Å²) in [5.41, 5.74) is 0.452. The molecule has 7 heteroatoms. The van der Waals surface area contributed by atoms with Crippen molar-refractivity contribution in [3.05, 3.63) is 24.3 Å². The second-order valence-electron chi connectivity index (χ2n) is 4.14. The zero-order valence-corrected chi connectivity index (χ0v) is 11.0. The van der Waals surface area contributed by atoms with Crippen LogP contribution in [0, 0.1) is 0 Å². The van der Waals surface area contributed by atoms with Gasteiger partial charge in [-0.05, 0) is 12.1 Å². The van der Waals surface area contributed by atoms with Crippen molar-refractivity contribution < 1.29 is 13.5 Å². The Kier molecular flexibility index (Phi) is 3.74. The van der Waals surface area contributed by atoms with Gasteiger partial charge in [0.05, 0.1) is 5.69 Å². The van der Waals surface area contributed by atoms with Gasteiger partial charge in [0, 0.05) is 39.3 Å². The number of aromatic hydroxyl groups is 1. The maximum atomic E-state index is 12.3. The van der Waals surface area contributed by atoms with Gasteiger partial charge in [0.1, 0.15) is 5.75 Å². The highest BCUT2D eigenvalue weighted by Crippen LogP contribution is 2.22. The van der Waals surface area contributed by atoms with Crippen LogP contribution in [0.2, 0.25) is 0 Å². The summed E-state index contributed by atoms with van der Waals surface area (Å²) in [7, 11) is -2.02. The first-order valence-corrected chi connectivity index (χ1v) is 7.15. The van der Waals surface area contributed by atoms with Crippen LogP contribution in [0.4, 0.5) is 5.69 Å². The molecule has 1 heterocycles. The van der Waals surface area contributed by atoms with Gasteiger partial charge in [0.2, 0.25) is 0 Å². The summed E-state index contributed by atoms with van der Waals surface area (Å²) < 4.78 is 27.3. The monoisotopic (exact) mass is 271 g/mol. The molecular weight excluding hydrogens is 254 g/mol. The third-order valence-electron chi connectivity index (χ3n) is 2.94. The number of nitrogens with one attached hydrogen (secondary N) is 1. The van der Waals surface area contributed by atoms with Crippen LogP contribution in [0.15, 0.2) is 24.3 Å². The molecule has 2 N–H and O–H groups in total. The van der Waals surface area contributed by atoms with Gasteiger partial charge >= 0.3 is 10.2 Å². The molecular formula is C11H17N3O3S. The summed E-state index contributed by atoms with van der Waals surface area (Å²) >= 11 is 0. The molecule has 18 heavy (non-hydrogen) atoms. The lowest BCUT2D eigenvalue weighted by atomic mass is 10.3. The predicted octanol–water partition coefficient (Wildman–Crippen LogP) is -0.0216. The Morgan fingerprint density at radius 3 is 2.61 bits per heavy atom. The molecule has 0 amide bonds. The molecule has 1 saturated heterocycles. The first-order valence-electron chi connectivity index (χ1n) is 5.75. The first kappa shape index (κ1) is 13.1. The van der Waals surface area contributed by atoms with E-state index in [0.29, 0.717) is 31.9 Å². The topological polar surface area (TPSA) is 72.9 Å². The average Bonchev–Trinajstić information content (AvgIpc) is 2.39. The lowest BCUT2D eigenvalue weighted by molar-refractivity contribution is 0.359. The van der Waals surface area contributed by atoms with Crippen LogP contribution in [0.5, 0.6) is 5.75 Å². The molecule has 1 fully saturated rings. The van der Waals surface area contributed by atoms with E-state index in [4.69, 9.17) is 0 Å². The van der Waals surface area contributed by atoms with Gasteiger partial charge in [0.15, 0.2) is 0 Å². The standard InChI is InChI=1S/C11H17N3O3S/c1-13(10-3-2-4-11(15)9-10)18(16,17)14-7-5-12-6-8-14/h2-4,9,12,15H,5-8H2,1H3. The fraction of sp³-hybridized carbons (Fsp3) is 0.455. The van der Waals surface area contributed by atoms with Crippen LogP contribution < -0.4 is 9.62 Å². The number of piperazine rings is 1. The van der Waals surface area contributed by atoms with Gasteiger partial charge in [-0.2, -0.15) is 12.7 Å². The summed E-state index contributed by atoms with van der Waals surface area (Å²) in [6.07, 6.45) is 0. The molecule has 2 rings (SSSR count). The number of rotatable bonds is 3. The number of anilines is 1. The van der Waals surface area contributed by atoms with Crippen LogP contribution in [-0.2, 0) is 10.2 Å². The summed E-state index contributed by atoms with van der Waals surface area (Å²) in [6.45, 7) is 2.25. The molecule has 0 atom stereocenters. The van der Waals surface area contributed by atoms with Crippen LogP contribution in [0.3, 0.4) is 0 Å². The van der Waals surface area contributed by atoms with Crippen molar-refractivity contribution in [2.45, 2.75) is 0 Å². The molecule has 100 valence electrons. The van der Waals surface area contributed by atoms with E-state index in [1.54, 1.807) is 12.1 Å². The maximum absolute atomic E-state index is 12.3. The van der Waals surface area contributed by atoms with Gasteiger partial charge in [-0.25, -0.2) is 0 Å². The summed E-state index contributed by atoms with van der Waals surface area (Å²) in [5, 5.41) is 12.5. The summed E-state index contributed by atoms with van der Waals surface area (Å²) in [5.74, 6) is 0.0508. The smallest absolute Gasteiger partial charge is 0.303 e. The normalized spacial score (nSPS) is 17.6. The Labute approximate surface area is 107 Å². The highest BCUT2D eigenvalue weighted by atomic mass is 32.2. The quantitative estimate of drug-likeness (QED) is 0.810. The van der Waals surface area contributed by atoms with E-state index in [-0.39, 0.29) is 5.75 Å². The van der Waals surface area contributed by atoms with Gasteiger partial charge in [-0.1, -0.05) is 6.07 Å². The second kappa shape index (κ2) is 5.13. The minimum absolute atomic E-state index is 0.0508. The van der Waals surface area contributed by atoms with Crippen molar-refractivity contribution in [2.75, 3.05) is 37.5 Å². The molecule has 1 aromatic rings. The fourth-order valence-corrected chi connectivity index (χ4v) is 3.24. The van der Waals surface area contributed by atoms with Crippen molar-refractivity contribution in [1.29, 1.82) is 0 Å². The van der Waals surface area contributed by atoms with E-state index in [2.05, 4.69) is 5.32 Å². The molecule has 0 spiro atoms. The lowest BCUT2D eigenvalue weighted by Crippen LogP contribution is -2.51. The SMILES string of the molecule is CN(c1cccc(O)c1)S(=O)(=O)N1CCNCC1. The number of benzene rings is 1. The minimum Gasteiger partial charge on any atom is -0.508 e. The van der Waals surface area contributed by atoms with Gasteiger partial charge in [-0.3, -0.25) is 4.31 Å². The molecule has 0 bridgehead atoms. The van der Waals surface area contributed by atoms with Crippen molar-refractivity contribution >= 4 is 15.9 Å².